The van der Waals surface area contributed by atoms with Gasteiger partial charge in [-0.15, -0.1) is 0 Å². The zero-order valence-corrected chi connectivity index (χ0v) is 29.6. The molecule has 0 spiro atoms. The second-order valence-electron chi connectivity index (χ2n) is 12.7. The molecule has 1 aliphatic rings. The zero-order valence-electron chi connectivity index (χ0n) is 29.6. The summed E-state index contributed by atoms with van der Waals surface area (Å²) in [5.74, 6) is -26.1. The highest BCUT2D eigenvalue weighted by Gasteiger charge is 2.32. The maximum atomic E-state index is 16.1. The van der Waals surface area contributed by atoms with Crippen LogP contribution in [-0.2, 0) is 0 Å². The third kappa shape index (κ3) is 5.95. The summed E-state index contributed by atoms with van der Waals surface area (Å²) in [6.07, 6.45) is 1.74. The van der Waals surface area contributed by atoms with E-state index in [4.69, 9.17) is 16.6 Å². The predicted molar refractivity (Wildman–Crippen MR) is 197 cm³/mol. The summed E-state index contributed by atoms with van der Waals surface area (Å²) >= 11 is 0. The van der Waals surface area contributed by atoms with Gasteiger partial charge < -0.3 is 15.0 Å². The Morgan fingerprint density at radius 3 is 0.871 bits per heavy atom. The van der Waals surface area contributed by atoms with Gasteiger partial charge in [0.15, 0.2) is 69.8 Å². The quantitative estimate of drug-likeness (QED) is 0.0482. The van der Waals surface area contributed by atoms with Crippen LogP contribution in [0.2, 0.25) is 0 Å². The topological polar surface area (TPSA) is 207 Å². The Morgan fingerprint density at radius 2 is 0.581 bits per heavy atom. The Bertz CT molecular complexity index is 3390. The van der Waals surface area contributed by atoms with Crippen molar-refractivity contribution >= 4 is 62.3 Å². The molecule has 0 radical (unpaired) electrons. The van der Waals surface area contributed by atoms with Crippen molar-refractivity contribution < 1.29 is 52.7 Å². The van der Waals surface area contributed by atoms with Crippen molar-refractivity contribution in [2.75, 3.05) is 0 Å². The second-order valence-corrected chi connectivity index (χ2v) is 12.7. The first-order chi connectivity index (χ1) is 29.6. The highest BCUT2D eigenvalue weighted by Crippen LogP contribution is 2.45. The molecule has 0 amide bonds. The van der Waals surface area contributed by atoms with Gasteiger partial charge in [-0.25, -0.2) is 57.7 Å². The molecule has 13 nitrogen and oxygen atoms in total. The number of H-pyrrole nitrogens is 3. The van der Waals surface area contributed by atoms with E-state index in [1.807, 2.05) is 0 Å². The molecule has 62 heavy (non-hydrogen) atoms. The van der Waals surface area contributed by atoms with Gasteiger partial charge in [-0.3, -0.25) is 0 Å². The monoisotopic (exact) mass is 865 g/mol. The molecule has 8 bridgehead atoms. The molecule has 0 fully saturated rings. The molecule has 0 saturated heterocycles. The molecule has 1 aliphatic heterocycles. The molecule has 0 aliphatic carbocycles. The van der Waals surface area contributed by atoms with Crippen molar-refractivity contribution in [3.63, 3.8) is 0 Å². The lowest BCUT2D eigenvalue weighted by Gasteiger charge is -2.12. The van der Waals surface area contributed by atoms with Crippen LogP contribution in [-0.4, -0.2) is 19.9 Å². The smallest absolute Gasteiger partial charge is 0.172 e. The molecule has 5 heterocycles. The lowest BCUT2D eigenvalue weighted by atomic mass is 10.0. The minimum absolute atomic E-state index is 0.0483. The normalized spacial score (nSPS) is 11.5. The van der Waals surface area contributed by atoms with Crippen molar-refractivity contribution in [2.24, 2.45) is 15.3 Å². The van der Waals surface area contributed by atoms with E-state index in [-0.39, 0.29) is 11.0 Å². The summed E-state index contributed by atoms with van der Waals surface area (Å²) in [5, 5.41) is 7.97. The van der Waals surface area contributed by atoms with Gasteiger partial charge in [-0.05, 0) is 65.1 Å². The number of hydrogen-bond donors (Lipinski definition) is 3. The molecule has 308 valence electrons. The fraction of sp³-hybridized carbons (Fsp3) is 0. The van der Waals surface area contributed by atoms with Crippen LogP contribution < -0.4 is 0 Å². The van der Waals surface area contributed by atoms with Crippen LogP contribution in [0.15, 0.2) is 51.7 Å². The van der Waals surface area contributed by atoms with Gasteiger partial charge in [0, 0.05) is 53.5 Å². The van der Waals surface area contributed by atoms with Crippen LogP contribution in [0.3, 0.4) is 0 Å². The fourth-order valence-corrected chi connectivity index (χ4v) is 6.86. The summed E-state index contributed by atoms with van der Waals surface area (Å²) < 4.78 is 188. The van der Waals surface area contributed by atoms with E-state index < -0.39 is 154 Å². The Hall–Kier alpha value is -8.52. The highest BCUT2D eigenvalue weighted by atomic mass is 19.2. The van der Waals surface area contributed by atoms with E-state index in [0.29, 0.717) is 0 Å². The first-order valence-electron chi connectivity index (χ1n) is 16.7. The number of benzene rings is 3. The molecular weight excluding hydrogens is 854 g/mol. The van der Waals surface area contributed by atoms with Crippen LogP contribution in [0.4, 0.5) is 69.7 Å². The molecule has 3 aromatic carbocycles. The number of azide groups is 3. The first kappa shape index (κ1) is 40.3. The van der Waals surface area contributed by atoms with Gasteiger partial charge >= 0.3 is 0 Å². The number of nitrogens with one attached hydrogen (secondary N) is 3. The molecule has 0 unspecified atom stereocenters. The van der Waals surface area contributed by atoms with Crippen molar-refractivity contribution in [3.8, 4) is 33.4 Å². The Morgan fingerprint density at radius 1 is 0.339 bits per heavy atom. The van der Waals surface area contributed by atoms with E-state index in [1.54, 1.807) is 0 Å². The lowest BCUT2D eigenvalue weighted by Crippen LogP contribution is -2.02. The predicted octanol–water partition coefficient (Wildman–Crippen LogP) is 14.2. The summed E-state index contributed by atoms with van der Waals surface area (Å²) in [6, 6.07) is 6.43. The average molecular weight is 866 g/mol. The molecule has 0 saturated carbocycles. The summed E-state index contributed by atoms with van der Waals surface area (Å²) in [4.78, 5) is 18.6. The molecule has 25 heteroatoms. The summed E-state index contributed by atoms with van der Waals surface area (Å²) in [5.41, 5.74) is 10.5. The van der Waals surface area contributed by atoms with E-state index >= 15 is 52.7 Å². The van der Waals surface area contributed by atoms with Gasteiger partial charge in [0.1, 0.15) is 17.1 Å². The molecule has 7 aromatic rings. The number of aromatic nitrogens is 4. The molecule has 8 rings (SSSR count). The number of fused-ring (bicyclic) bond motifs is 9. The maximum Gasteiger partial charge on any atom is 0.172 e. The van der Waals surface area contributed by atoms with Crippen LogP contribution in [0.1, 0.15) is 11.4 Å². The van der Waals surface area contributed by atoms with E-state index in [0.717, 1.165) is 36.4 Å². The maximum absolute atomic E-state index is 16.1. The Balaban J connectivity index is 1.64. The SMILES string of the molecule is [N-]=[N+]=Nc1c(F)c(F)c(-c2c3nc(c(-c4c(F)c(F)c(N=[N+]=[N-])c(F)c4F)c4ccc([nH]4)c4ccc([nH]4)c(-c4c(F)c(F)c(N=[N+]=[N-])c(F)c4F)c4ccc2[nH]4)C=C3)c(F)c1F. The highest BCUT2D eigenvalue weighted by molar-refractivity contribution is 6.00. The van der Waals surface area contributed by atoms with Gasteiger partial charge in [0.25, 0.3) is 0 Å². The van der Waals surface area contributed by atoms with Gasteiger partial charge in [0.2, 0.25) is 0 Å². The standard InChI is InChI=1S/C37H11F12N13/c38-23-20(24(39)30(45)35(29(23)44)57-60-50)17-11-3-1-9(53-11)10-2-4-12(54-10)18(21-25(40)31(46)36(58-61-51)32(47)26(21)41)14-6-8-16(56-14)19(15-7-5-13(17)55-15)22-27(42)33(48)37(59-62-52)34(49)28(22)43/h1-8,53-55H. The molecule has 0 atom stereocenters. The number of hydrogen-bond acceptors (Lipinski definition) is 4. The fourth-order valence-electron chi connectivity index (χ4n) is 6.86. The third-order valence-corrected chi connectivity index (χ3v) is 9.48. The van der Waals surface area contributed by atoms with Crippen LogP contribution in [0, 0.1) is 69.8 Å². The van der Waals surface area contributed by atoms with Crippen LogP contribution in [0.25, 0.3) is 110 Å². The van der Waals surface area contributed by atoms with Gasteiger partial charge in [0.05, 0.1) is 39.1 Å². The largest absolute Gasteiger partial charge is 0.354 e. The number of halogens is 12. The van der Waals surface area contributed by atoms with Crippen molar-refractivity contribution in [1.29, 1.82) is 0 Å². The molecule has 4 aromatic heterocycles. The average Bonchev–Trinajstić information content (AvgIpc) is 4.11. The van der Waals surface area contributed by atoms with Crippen molar-refractivity contribution in [3.05, 3.63) is 149 Å². The van der Waals surface area contributed by atoms with Crippen molar-refractivity contribution in [2.45, 2.75) is 0 Å². The van der Waals surface area contributed by atoms with Crippen molar-refractivity contribution in [1.82, 2.24) is 19.9 Å². The first-order valence-corrected chi connectivity index (χ1v) is 16.7. The van der Waals surface area contributed by atoms with Gasteiger partial charge in [-0.2, -0.15) is 0 Å². The summed E-state index contributed by atoms with van der Waals surface area (Å²) in [7, 11) is 0. The number of nitrogens with zero attached hydrogens (tertiary/aromatic N) is 10. The van der Waals surface area contributed by atoms with E-state index in [9.17, 15) is 0 Å². The second kappa shape index (κ2) is 14.9. The minimum Gasteiger partial charge on any atom is -0.354 e. The van der Waals surface area contributed by atoms with Crippen LogP contribution in [0.5, 0.6) is 0 Å². The Labute approximate surface area is 332 Å². The number of rotatable bonds is 6. The lowest BCUT2D eigenvalue weighted by molar-refractivity contribution is 0.461. The third-order valence-electron chi connectivity index (χ3n) is 9.48. The van der Waals surface area contributed by atoms with Crippen LogP contribution >= 0.6 is 0 Å². The van der Waals surface area contributed by atoms with Gasteiger partial charge in [-0.1, -0.05) is 15.3 Å². The zero-order chi connectivity index (χ0) is 44.5. The van der Waals surface area contributed by atoms with E-state index in [1.165, 1.54) is 12.1 Å². The summed E-state index contributed by atoms with van der Waals surface area (Å²) in [6.45, 7) is 0. The molecular formula is C37H11F12N13. The number of aromatic amines is 3. The minimum atomic E-state index is -2.25. The Kier molecular flexibility index (Phi) is 9.70. The molecule has 3 N–H and O–H groups in total. The van der Waals surface area contributed by atoms with E-state index in [2.05, 4.69) is 50.0 Å².